The van der Waals surface area contributed by atoms with E-state index in [0.717, 1.165) is 13.3 Å². The number of benzene rings is 2. The van der Waals surface area contributed by atoms with Gasteiger partial charge in [0.15, 0.2) is 21.4 Å². The molecule has 0 aliphatic heterocycles. The number of thioether (sulfide) groups is 1. The molecule has 44 heavy (non-hydrogen) atoms. The van der Waals surface area contributed by atoms with Crippen molar-refractivity contribution in [3.63, 3.8) is 0 Å². The highest BCUT2D eigenvalue weighted by Gasteiger charge is 2.39. The van der Waals surface area contributed by atoms with Crippen LogP contribution >= 0.6 is 11.8 Å². The number of ketones is 2. The molecule has 0 fully saturated rings. The summed E-state index contributed by atoms with van der Waals surface area (Å²) < 4.78 is 25.5. The lowest BCUT2D eigenvalue weighted by molar-refractivity contribution is -0.176. The van der Waals surface area contributed by atoms with Crippen molar-refractivity contribution < 1.29 is 38.4 Å². The molecule has 0 saturated carbocycles. The highest BCUT2D eigenvalue weighted by Crippen LogP contribution is 2.33. The van der Waals surface area contributed by atoms with Crippen molar-refractivity contribution in [1.82, 2.24) is 0 Å². The fraction of sp³-hybridized carbons (Fsp3) is 0.559. The molecular formula is C34H54O8S2. The second kappa shape index (κ2) is 20.5. The molecular weight excluding hydrogens is 601 g/mol. The van der Waals surface area contributed by atoms with Gasteiger partial charge in [-0.25, -0.2) is 8.42 Å². The fourth-order valence-electron chi connectivity index (χ4n) is 3.84. The van der Waals surface area contributed by atoms with Gasteiger partial charge in [0, 0.05) is 22.6 Å². The minimum atomic E-state index is -3.63. The van der Waals surface area contributed by atoms with Gasteiger partial charge >= 0.3 is 0 Å². The molecule has 0 aliphatic rings. The standard InChI is InChI=1S/C16H24O3S.C16H24OS.C2H4O2.H2O2/c1-12(2)11-14(15(17)16(3,4)5)20(18,19)13-9-7-6-8-10-13;1-12(2)11-14(15(17)16(3,4)5)18-13-9-7-6-8-10-13;1-2(3)4;1-2/h6-10,12,14H,11H2,1-5H3;6-10,12,14H,11H2,1-5H3;1H3,(H,3,4);1-2H. The molecule has 8 nitrogen and oxygen atoms in total. The normalized spacial score (nSPS) is 12.8. The molecule has 0 spiro atoms. The maximum absolute atomic E-state index is 12.7. The third-order valence-electron chi connectivity index (χ3n) is 5.90. The number of carboxylic acid groups (broad SMARTS) is 1. The number of carbonyl (C=O) groups excluding carboxylic acids is 2. The van der Waals surface area contributed by atoms with Crippen molar-refractivity contribution in [3.8, 4) is 0 Å². The number of carbonyl (C=O) groups is 3. The molecule has 10 heteroatoms. The topological polar surface area (TPSA) is 146 Å². The second-order valence-electron chi connectivity index (χ2n) is 13.3. The molecule has 2 aromatic carbocycles. The van der Waals surface area contributed by atoms with Gasteiger partial charge < -0.3 is 5.11 Å². The quantitative estimate of drug-likeness (QED) is 0.131. The van der Waals surface area contributed by atoms with Gasteiger partial charge in [0.2, 0.25) is 0 Å². The minimum Gasteiger partial charge on any atom is -0.481 e. The van der Waals surface area contributed by atoms with Gasteiger partial charge in [-0.15, -0.1) is 11.8 Å². The van der Waals surface area contributed by atoms with Crippen LogP contribution in [0, 0.1) is 22.7 Å². The Morgan fingerprint density at radius 3 is 1.41 bits per heavy atom. The van der Waals surface area contributed by atoms with Crippen LogP contribution in [0.2, 0.25) is 0 Å². The molecule has 0 bridgehead atoms. The van der Waals surface area contributed by atoms with Gasteiger partial charge in [-0.05, 0) is 48.9 Å². The van der Waals surface area contributed by atoms with Gasteiger partial charge in [-0.2, -0.15) is 0 Å². The maximum Gasteiger partial charge on any atom is 0.300 e. The summed E-state index contributed by atoms with van der Waals surface area (Å²) in [6.07, 6.45) is 1.29. The molecule has 0 amide bonds. The van der Waals surface area contributed by atoms with Crippen LogP contribution in [0.3, 0.4) is 0 Å². The Hall–Kier alpha value is -2.53. The summed E-state index contributed by atoms with van der Waals surface area (Å²) in [5.41, 5.74) is -0.928. The Balaban J connectivity index is 0. The summed E-state index contributed by atoms with van der Waals surface area (Å²) in [6.45, 7) is 20.6. The first-order valence-corrected chi connectivity index (χ1v) is 17.0. The van der Waals surface area contributed by atoms with E-state index < -0.39 is 26.5 Å². The van der Waals surface area contributed by atoms with E-state index in [1.165, 1.54) is 4.90 Å². The van der Waals surface area contributed by atoms with Crippen molar-refractivity contribution in [2.24, 2.45) is 22.7 Å². The average Bonchev–Trinajstić information content (AvgIpc) is 2.91. The van der Waals surface area contributed by atoms with Crippen molar-refractivity contribution in [3.05, 3.63) is 60.7 Å². The van der Waals surface area contributed by atoms with E-state index >= 15 is 0 Å². The van der Waals surface area contributed by atoms with Gasteiger partial charge in [0.1, 0.15) is 5.25 Å². The van der Waals surface area contributed by atoms with Crippen molar-refractivity contribution in [2.75, 3.05) is 0 Å². The summed E-state index contributed by atoms with van der Waals surface area (Å²) in [5.74, 6) is -0.0117. The Morgan fingerprint density at radius 1 is 0.705 bits per heavy atom. The Morgan fingerprint density at radius 2 is 1.07 bits per heavy atom. The molecule has 0 saturated heterocycles. The molecule has 0 aliphatic carbocycles. The number of rotatable bonds is 10. The molecule has 2 atom stereocenters. The lowest BCUT2D eigenvalue weighted by Crippen LogP contribution is -2.39. The predicted octanol–water partition coefficient (Wildman–Crippen LogP) is 8.41. The second-order valence-corrected chi connectivity index (χ2v) is 16.7. The first-order chi connectivity index (χ1) is 20.1. The number of sulfone groups is 1. The molecule has 250 valence electrons. The van der Waals surface area contributed by atoms with Gasteiger partial charge in [-0.3, -0.25) is 24.9 Å². The molecule has 2 rings (SSSR count). The number of carboxylic acids is 1. The van der Waals surface area contributed by atoms with Crippen molar-refractivity contribution in [2.45, 2.75) is 109 Å². The van der Waals surface area contributed by atoms with Crippen LogP contribution in [-0.4, -0.2) is 52.1 Å². The molecule has 2 unspecified atom stereocenters. The molecule has 0 heterocycles. The largest absolute Gasteiger partial charge is 0.481 e. The van der Waals surface area contributed by atoms with E-state index in [-0.39, 0.29) is 27.3 Å². The van der Waals surface area contributed by atoms with Crippen LogP contribution in [0.15, 0.2) is 70.5 Å². The summed E-state index contributed by atoms with van der Waals surface area (Å²) in [4.78, 5) is 35.4. The van der Waals surface area contributed by atoms with Gasteiger partial charge in [0.25, 0.3) is 5.97 Å². The summed E-state index contributed by atoms with van der Waals surface area (Å²) in [6, 6.07) is 18.4. The molecule has 2 aromatic rings. The van der Waals surface area contributed by atoms with Crippen LogP contribution in [0.4, 0.5) is 0 Å². The highest BCUT2D eigenvalue weighted by molar-refractivity contribution is 8.00. The smallest absolute Gasteiger partial charge is 0.300 e. The van der Waals surface area contributed by atoms with E-state index in [4.69, 9.17) is 20.4 Å². The zero-order valence-corrected chi connectivity index (χ0v) is 29.8. The summed E-state index contributed by atoms with van der Waals surface area (Å²) in [5, 5.41) is 18.5. The minimum absolute atomic E-state index is 0.0624. The molecule has 0 radical (unpaired) electrons. The number of Topliss-reactive ketones (excluding diaryl/α,β-unsaturated/α-hetero) is 2. The third kappa shape index (κ3) is 17.7. The Labute approximate surface area is 269 Å². The van der Waals surface area contributed by atoms with Crippen molar-refractivity contribution in [1.29, 1.82) is 0 Å². The Kier molecular flexibility index (Phi) is 20.3. The van der Waals surface area contributed by atoms with Gasteiger partial charge in [-0.1, -0.05) is 106 Å². The molecule has 0 aromatic heterocycles. The van der Waals surface area contributed by atoms with E-state index in [9.17, 15) is 18.0 Å². The SMILES string of the molecule is CC(=O)O.CC(C)CC(C(=O)C(C)(C)C)S(=O)(=O)c1ccccc1.CC(C)CC(Sc1ccccc1)C(=O)C(C)(C)C.OO. The van der Waals surface area contributed by atoms with Crippen LogP contribution in [-0.2, 0) is 24.2 Å². The lowest BCUT2D eigenvalue weighted by Gasteiger charge is -2.25. The zero-order valence-electron chi connectivity index (χ0n) is 28.2. The predicted molar refractivity (Wildman–Crippen MR) is 180 cm³/mol. The summed E-state index contributed by atoms with van der Waals surface area (Å²) in [7, 11) is -3.63. The lowest BCUT2D eigenvalue weighted by atomic mass is 9.86. The van der Waals surface area contributed by atoms with Crippen molar-refractivity contribution >= 4 is 39.1 Å². The average molecular weight is 655 g/mol. The first-order valence-electron chi connectivity index (χ1n) is 14.6. The Bertz CT molecular complexity index is 1210. The molecule has 3 N–H and O–H groups in total. The van der Waals surface area contributed by atoms with Crippen LogP contribution in [0.25, 0.3) is 0 Å². The number of hydrogen-bond acceptors (Lipinski definition) is 8. The van der Waals surface area contributed by atoms with Crippen LogP contribution in [0.1, 0.15) is 89.0 Å². The highest BCUT2D eigenvalue weighted by atomic mass is 32.2. The third-order valence-corrected chi connectivity index (χ3v) is 9.22. The fourth-order valence-corrected chi connectivity index (χ4v) is 7.57. The van der Waals surface area contributed by atoms with E-state index in [2.05, 4.69) is 26.0 Å². The monoisotopic (exact) mass is 654 g/mol. The van der Waals surface area contributed by atoms with Crippen LogP contribution in [0.5, 0.6) is 0 Å². The number of aliphatic carboxylic acids is 1. The summed E-state index contributed by atoms with van der Waals surface area (Å²) >= 11 is 1.70. The van der Waals surface area contributed by atoms with E-state index in [0.29, 0.717) is 18.1 Å². The number of hydrogen-bond donors (Lipinski definition) is 3. The van der Waals surface area contributed by atoms with Crippen LogP contribution < -0.4 is 0 Å². The van der Waals surface area contributed by atoms with E-state index in [1.54, 1.807) is 62.9 Å². The van der Waals surface area contributed by atoms with E-state index in [1.807, 2.05) is 52.8 Å². The first kappa shape index (κ1) is 43.6. The zero-order chi connectivity index (χ0) is 34.9. The maximum atomic E-state index is 12.7. The van der Waals surface area contributed by atoms with Gasteiger partial charge in [0.05, 0.1) is 10.1 Å².